The molecular weight excluding hydrogens is 365 g/mol. The lowest BCUT2D eigenvalue weighted by Gasteiger charge is -2.09. The molecule has 0 saturated carbocycles. The van der Waals surface area contributed by atoms with Crippen LogP contribution >= 0.6 is 39.1 Å². The summed E-state index contributed by atoms with van der Waals surface area (Å²) in [5, 5.41) is 13.1. The Kier molecular flexibility index (Phi) is 4.58. The number of aryl methyl sites for hydroxylation is 1. The van der Waals surface area contributed by atoms with Gasteiger partial charge in [-0.25, -0.2) is 0 Å². The first-order valence-corrected chi connectivity index (χ1v) is 7.19. The molecule has 0 radical (unpaired) electrons. The van der Waals surface area contributed by atoms with Crippen LogP contribution in [0, 0.1) is 6.92 Å². The fourth-order valence-electron chi connectivity index (χ4n) is 1.65. The third-order valence-electron chi connectivity index (χ3n) is 2.69. The molecule has 104 valence electrons. The van der Waals surface area contributed by atoms with Gasteiger partial charge in [0, 0.05) is 11.3 Å². The molecule has 0 aliphatic rings. The number of carbonyl (C=O) groups is 1. The molecule has 0 aliphatic carbocycles. The first-order valence-electron chi connectivity index (χ1n) is 5.64. The predicted molar refractivity (Wildman–Crippen MR) is 85.0 cm³/mol. The van der Waals surface area contributed by atoms with Crippen molar-refractivity contribution < 1.29 is 9.90 Å². The van der Waals surface area contributed by atoms with E-state index in [0.29, 0.717) is 31.3 Å². The highest BCUT2D eigenvalue weighted by Gasteiger charge is 2.10. The van der Waals surface area contributed by atoms with Gasteiger partial charge in [-0.2, -0.15) is 0 Å². The lowest BCUT2D eigenvalue weighted by molar-refractivity contribution is 0.102. The van der Waals surface area contributed by atoms with E-state index in [9.17, 15) is 9.90 Å². The highest BCUT2D eigenvalue weighted by atomic mass is 79.9. The summed E-state index contributed by atoms with van der Waals surface area (Å²) in [7, 11) is 0. The van der Waals surface area contributed by atoms with Crippen LogP contribution in [0.25, 0.3) is 0 Å². The number of aromatic hydroxyl groups is 1. The van der Waals surface area contributed by atoms with Crippen LogP contribution in [0.4, 0.5) is 5.69 Å². The van der Waals surface area contributed by atoms with E-state index in [1.807, 2.05) is 0 Å². The number of nitrogens with one attached hydrogen (secondary N) is 1. The average Bonchev–Trinajstić information content (AvgIpc) is 2.39. The number of phenols is 1. The average molecular weight is 375 g/mol. The summed E-state index contributed by atoms with van der Waals surface area (Å²) in [6.45, 7) is 1.74. The molecule has 0 spiro atoms. The fraction of sp³-hybridized carbons (Fsp3) is 0.0714. The van der Waals surface area contributed by atoms with Crippen molar-refractivity contribution in [1.29, 1.82) is 0 Å². The molecule has 0 aliphatic heterocycles. The molecule has 20 heavy (non-hydrogen) atoms. The molecular formula is C14H10BrCl2NO2. The zero-order valence-corrected chi connectivity index (χ0v) is 13.5. The summed E-state index contributed by atoms with van der Waals surface area (Å²) in [6, 6.07) is 7.96. The molecule has 0 saturated heterocycles. The van der Waals surface area contributed by atoms with Gasteiger partial charge in [-0.05, 0) is 58.7 Å². The zero-order valence-electron chi connectivity index (χ0n) is 10.4. The van der Waals surface area contributed by atoms with Gasteiger partial charge in [0.15, 0.2) is 0 Å². The number of carbonyl (C=O) groups excluding carboxylic acids is 1. The second-order valence-electron chi connectivity index (χ2n) is 4.21. The predicted octanol–water partition coefficient (Wildman–Crippen LogP) is 5.02. The van der Waals surface area contributed by atoms with E-state index in [2.05, 4.69) is 21.2 Å². The van der Waals surface area contributed by atoms with Gasteiger partial charge in [0.2, 0.25) is 0 Å². The lowest BCUT2D eigenvalue weighted by atomic mass is 10.1. The van der Waals surface area contributed by atoms with Crippen LogP contribution in [0.15, 0.2) is 34.8 Å². The number of halogens is 3. The maximum atomic E-state index is 12.1. The van der Waals surface area contributed by atoms with E-state index in [0.717, 1.165) is 0 Å². The van der Waals surface area contributed by atoms with Crippen LogP contribution in [0.5, 0.6) is 5.75 Å². The number of benzene rings is 2. The van der Waals surface area contributed by atoms with Crippen molar-refractivity contribution in [3.8, 4) is 5.75 Å². The van der Waals surface area contributed by atoms with Gasteiger partial charge in [-0.15, -0.1) is 0 Å². The van der Waals surface area contributed by atoms with E-state index >= 15 is 0 Å². The summed E-state index contributed by atoms with van der Waals surface area (Å²) < 4.78 is 0.516. The number of hydrogen-bond donors (Lipinski definition) is 2. The minimum atomic E-state index is -0.305. The van der Waals surface area contributed by atoms with Crippen molar-refractivity contribution in [2.75, 3.05) is 5.32 Å². The minimum Gasteiger partial charge on any atom is -0.506 e. The third-order valence-corrected chi connectivity index (χ3v) is 4.04. The zero-order chi connectivity index (χ0) is 14.9. The van der Waals surface area contributed by atoms with Crippen LogP contribution in [0.3, 0.4) is 0 Å². The number of rotatable bonds is 2. The van der Waals surface area contributed by atoms with Gasteiger partial charge in [0.1, 0.15) is 5.75 Å². The van der Waals surface area contributed by atoms with Gasteiger partial charge >= 0.3 is 0 Å². The summed E-state index contributed by atoms with van der Waals surface area (Å²) in [4.78, 5) is 12.1. The second kappa shape index (κ2) is 6.04. The Morgan fingerprint density at radius 2 is 1.90 bits per heavy atom. The normalized spacial score (nSPS) is 10.4. The smallest absolute Gasteiger partial charge is 0.255 e. The molecule has 0 unspecified atom stereocenters. The molecule has 0 bridgehead atoms. The number of phenolic OH excluding ortho intramolecular Hbond substituents is 1. The van der Waals surface area contributed by atoms with E-state index in [4.69, 9.17) is 23.2 Å². The lowest BCUT2D eigenvalue weighted by Crippen LogP contribution is -2.12. The maximum absolute atomic E-state index is 12.1. The van der Waals surface area contributed by atoms with Gasteiger partial charge in [-0.1, -0.05) is 23.2 Å². The van der Waals surface area contributed by atoms with E-state index in [1.54, 1.807) is 31.2 Å². The fourth-order valence-corrected chi connectivity index (χ4v) is 2.51. The summed E-state index contributed by atoms with van der Waals surface area (Å²) >= 11 is 14.9. The number of amides is 1. The Bertz CT molecular complexity index is 666. The van der Waals surface area contributed by atoms with E-state index < -0.39 is 0 Å². The van der Waals surface area contributed by atoms with Crippen molar-refractivity contribution >= 4 is 50.7 Å². The number of anilines is 1. The van der Waals surface area contributed by atoms with Crippen LogP contribution in [0.1, 0.15) is 15.9 Å². The molecule has 0 atom stereocenters. The first kappa shape index (κ1) is 15.2. The Hall–Kier alpha value is -1.23. The van der Waals surface area contributed by atoms with E-state index in [1.165, 1.54) is 6.07 Å². The molecule has 3 nitrogen and oxygen atoms in total. The first-order chi connectivity index (χ1) is 9.38. The molecule has 6 heteroatoms. The molecule has 2 N–H and O–H groups in total. The molecule has 2 rings (SSSR count). The van der Waals surface area contributed by atoms with Gasteiger partial charge in [-0.3, -0.25) is 4.79 Å². The Balaban J connectivity index is 2.25. The molecule has 2 aromatic carbocycles. The van der Waals surface area contributed by atoms with Crippen LogP contribution in [0.2, 0.25) is 10.0 Å². The maximum Gasteiger partial charge on any atom is 0.255 e. The standard InChI is InChI=1S/C14H10BrCl2NO2/c1-7-4-9(6-10(15)13(7)19)18-14(20)8-2-3-11(16)12(17)5-8/h2-6,19H,1H3,(H,18,20). The number of hydrogen-bond acceptors (Lipinski definition) is 2. The summed E-state index contributed by atoms with van der Waals surface area (Å²) in [6.07, 6.45) is 0. The Morgan fingerprint density at radius 1 is 1.20 bits per heavy atom. The third kappa shape index (κ3) is 3.26. The molecule has 1 amide bonds. The summed E-state index contributed by atoms with van der Waals surface area (Å²) in [5.41, 5.74) is 1.63. The minimum absolute atomic E-state index is 0.150. The topological polar surface area (TPSA) is 49.3 Å². The quantitative estimate of drug-likeness (QED) is 0.725. The van der Waals surface area contributed by atoms with Crippen LogP contribution < -0.4 is 5.32 Å². The van der Waals surface area contributed by atoms with Crippen LogP contribution in [-0.2, 0) is 0 Å². The SMILES string of the molecule is Cc1cc(NC(=O)c2ccc(Cl)c(Cl)c2)cc(Br)c1O. The van der Waals surface area contributed by atoms with Gasteiger partial charge in [0.25, 0.3) is 5.91 Å². The molecule has 0 fully saturated rings. The molecule has 0 aromatic heterocycles. The summed E-state index contributed by atoms with van der Waals surface area (Å²) in [5.74, 6) is -0.155. The van der Waals surface area contributed by atoms with Crippen molar-refractivity contribution in [3.63, 3.8) is 0 Å². The highest BCUT2D eigenvalue weighted by molar-refractivity contribution is 9.10. The second-order valence-corrected chi connectivity index (χ2v) is 5.88. The Labute approximate surface area is 134 Å². The van der Waals surface area contributed by atoms with Gasteiger partial charge in [0.05, 0.1) is 14.5 Å². The molecule has 2 aromatic rings. The largest absolute Gasteiger partial charge is 0.506 e. The molecule has 0 heterocycles. The van der Waals surface area contributed by atoms with Crippen molar-refractivity contribution in [1.82, 2.24) is 0 Å². The van der Waals surface area contributed by atoms with Crippen molar-refractivity contribution in [3.05, 3.63) is 56.0 Å². The van der Waals surface area contributed by atoms with Crippen molar-refractivity contribution in [2.24, 2.45) is 0 Å². The van der Waals surface area contributed by atoms with Crippen LogP contribution in [-0.4, -0.2) is 11.0 Å². The highest BCUT2D eigenvalue weighted by Crippen LogP contribution is 2.31. The van der Waals surface area contributed by atoms with E-state index in [-0.39, 0.29) is 11.7 Å². The monoisotopic (exact) mass is 373 g/mol. The van der Waals surface area contributed by atoms with Crippen molar-refractivity contribution in [2.45, 2.75) is 6.92 Å². The van der Waals surface area contributed by atoms with Gasteiger partial charge < -0.3 is 10.4 Å². The Morgan fingerprint density at radius 3 is 2.50 bits per heavy atom.